The summed E-state index contributed by atoms with van der Waals surface area (Å²) >= 11 is 0. The molecule has 2 N–H and O–H groups in total. The molecule has 0 radical (unpaired) electrons. The molecule has 2 aromatic carbocycles. The van der Waals surface area contributed by atoms with E-state index in [0.29, 0.717) is 34.6 Å². The molecule has 0 spiro atoms. The van der Waals surface area contributed by atoms with Crippen LogP contribution in [0.25, 0.3) is 21.8 Å². The highest BCUT2D eigenvalue weighted by atomic mass is 16.5. The van der Waals surface area contributed by atoms with Gasteiger partial charge < -0.3 is 15.2 Å². The van der Waals surface area contributed by atoms with Crippen molar-refractivity contribution >= 4 is 33.6 Å². The van der Waals surface area contributed by atoms with Crippen LogP contribution in [0.15, 0.2) is 54.9 Å². The molecular weight excluding hydrogens is 406 g/mol. The summed E-state index contributed by atoms with van der Waals surface area (Å²) in [4.78, 5) is 28.7. The number of hydrogen-bond donors (Lipinski definition) is 1. The Labute approximate surface area is 185 Å². The minimum absolute atomic E-state index is 0.0928. The molecule has 0 aliphatic rings. The highest BCUT2D eigenvalue weighted by molar-refractivity contribution is 6.01. The van der Waals surface area contributed by atoms with Crippen LogP contribution in [0, 0.1) is 0 Å². The van der Waals surface area contributed by atoms with Crippen molar-refractivity contribution in [1.82, 2.24) is 9.55 Å². The zero-order chi connectivity index (χ0) is 22.7. The summed E-state index contributed by atoms with van der Waals surface area (Å²) in [6, 6.07) is 12.5. The predicted octanol–water partition coefficient (Wildman–Crippen LogP) is 5.31. The fraction of sp³-hybridized carbons (Fsp3) is 0.240. The number of methoxy groups -OCH3 is 1. The second-order valence-electron chi connectivity index (χ2n) is 7.60. The molecule has 7 nitrogen and oxygen atoms in total. The normalized spacial score (nSPS) is 11.1. The summed E-state index contributed by atoms with van der Waals surface area (Å²) in [6.07, 6.45) is 6.99. The number of pyridine rings is 1. The summed E-state index contributed by atoms with van der Waals surface area (Å²) in [5.41, 5.74) is 7.22. The average Bonchev–Trinajstić information content (AvgIpc) is 3.21. The van der Waals surface area contributed by atoms with E-state index in [1.807, 2.05) is 24.3 Å². The Morgan fingerprint density at radius 2 is 1.91 bits per heavy atom. The first kappa shape index (κ1) is 21.4. The van der Waals surface area contributed by atoms with Crippen molar-refractivity contribution in [1.29, 1.82) is 0 Å². The molecule has 4 aromatic rings. The van der Waals surface area contributed by atoms with Crippen LogP contribution in [0.3, 0.4) is 0 Å². The lowest BCUT2D eigenvalue weighted by Gasteiger charge is -2.12. The fourth-order valence-electron chi connectivity index (χ4n) is 3.77. The van der Waals surface area contributed by atoms with Crippen LogP contribution in [0.1, 0.15) is 47.8 Å². The van der Waals surface area contributed by atoms with Gasteiger partial charge in [-0.05, 0) is 42.8 Å². The number of hydrogen-bond acceptors (Lipinski definition) is 5. The second-order valence-corrected chi connectivity index (χ2v) is 7.60. The average molecular weight is 431 g/mol. The third-order valence-electron chi connectivity index (χ3n) is 5.44. The number of nitrogens with zero attached hydrogens (tertiary/aromatic N) is 2. The van der Waals surface area contributed by atoms with E-state index >= 15 is 0 Å². The number of nitrogens with two attached hydrogens (primary N) is 1. The maximum absolute atomic E-state index is 12.5. The van der Waals surface area contributed by atoms with Crippen LogP contribution < -0.4 is 15.2 Å². The Morgan fingerprint density at radius 1 is 1.06 bits per heavy atom. The van der Waals surface area contributed by atoms with Crippen LogP contribution in [0.5, 0.6) is 17.2 Å². The van der Waals surface area contributed by atoms with E-state index in [-0.39, 0.29) is 11.5 Å². The SMILES string of the molecule is CCCCCC(=O)n1ccc2cc(Oc3ccnc4cc(OC)c(C(N)=O)cc34)ccc21. The van der Waals surface area contributed by atoms with E-state index in [1.165, 1.54) is 7.11 Å². The Balaban J connectivity index is 1.65. The van der Waals surface area contributed by atoms with E-state index in [2.05, 4.69) is 11.9 Å². The molecule has 2 heterocycles. The van der Waals surface area contributed by atoms with Crippen molar-refractivity contribution in [3.63, 3.8) is 0 Å². The van der Waals surface area contributed by atoms with Gasteiger partial charge in [0.2, 0.25) is 5.91 Å². The number of amides is 1. The summed E-state index contributed by atoms with van der Waals surface area (Å²) in [6.45, 7) is 2.12. The molecule has 7 heteroatoms. The summed E-state index contributed by atoms with van der Waals surface area (Å²) in [5.74, 6) is 1.01. The number of aromatic nitrogens is 2. The standard InChI is InChI=1S/C25H25N3O4/c1-3-4-5-6-24(29)28-12-10-16-13-17(7-8-21(16)28)32-22-9-11-27-20-15-23(31-2)19(25(26)30)14-18(20)22/h7-15H,3-6H2,1-2H3,(H2,26,30). The van der Waals surface area contributed by atoms with Crippen LogP contribution in [0.4, 0.5) is 0 Å². The van der Waals surface area contributed by atoms with Crippen molar-refractivity contribution in [2.45, 2.75) is 32.6 Å². The predicted molar refractivity (Wildman–Crippen MR) is 124 cm³/mol. The van der Waals surface area contributed by atoms with E-state index < -0.39 is 5.91 Å². The fourth-order valence-corrected chi connectivity index (χ4v) is 3.77. The molecule has 0 fully saturated rings. The van der Waals surface area contributed by atoms with Gasteiger partial charge in [0.15, 0.2) is 0 Å². The Kier molecular flexibility index (Phi) is 6.07. The van der Waals surface area contributed by atoms with E-state index in [0.717, 1.165) is 30.2 Å². The molecule has 0 saturated carbocycles. The minimum Gasteiger partial charge on any atom is -0.496 e. The smallest absolute Gasteiger partial charge is 0.252 e. The molecule has 1 amide bonds. The van der Waals surface area contributed by atoms with E-state index in [1.54, 1.807) is 35.2 Å². The molecule has 0 aliphatic carbocycles. The highest BCUT2D eigenvalue weighted by Gasteiger charge is 2.15. The number of ether oxygens (including phenoxy) is 2. The number of unbranched alkanes of at least 4 members (excludes halogenated alkanes) is 2. The number of fused-ring (bicyclic) bond motifs is 2. The zero-order valence-electron chi connectivity index (χ0n) is 18.1. The maximum atomic E-state index is 12.5. The number of rotatable bonds is 8. The lowest BCUT2D eigenvalue weighted by Crippen LogP contribution is -2.12. The van der Waals surface area contributed by atoms with Gasteiger partial charge in [-0.2, -0.15) is 0 Å². The number of carbonyl (C=O) groups excluding carboxylic acids is 2. The molecule has 164 valence electrons. The van der Waals surface area contributed by atoms with Gasteiger partial charge in [-0.1, -0.05) is 19.8 Å². The first-order valence-corrected chi connectivity index (χ1v) is 10.6. The van der Waals surface area contributed by atoms with Gasteiger partial charge in [0.05, 0.1) is 23.7 Å². The van der Waals surface area contributed by atoms with Crippen molar-refractivity contribution in [2.24, 2.45) is 5.73 Å². The monoisotopic (exact) mass is 431 g/mol. The van der Waals surface area contributed by atoms with Gasteiger partial charge in [0.25, 0.3) is 5.91 Å². The van der Waals surface area contributed by atoms with Crippen LogP contribution in [0.2, 0.25) is 0 Å². The molecule has 0 unspecified atom stereocenters. The molecule has 2 aromatic heterocycles. The Bertz CT molecular complexity index is 1310. The molecule has 0 atom stereocenters. The van der Waals surface area contributed by atoms with Crippen molar-refractivity contribution < 1.29 is 19.1 Å². The van der Waals surface area contributed by atoms with Gasteiger partial charge >= 0.3 is 0 Å². The van der Waals surface area contributed by atoms with Crippen LogP contribution in [-0.2, 0) is 0 Å². The number of carbonyl (C=O) groups is 2. The second kappa shape index (κ2) is 9.09. The summed E-state index contributed by atoms with van der Waals surface area (Å²) in [5, 5.41) is 1.55. The number of primary amides is 1. The maximum Gasteiger partial charge on any atom is 0.252 e. The third kappa shape index (κ3) is 4.14. The molecule has 0 bridgehead atoms. The van der Waals surface area contributed by atoms with Crippen molar-refractivity contribution in [3.05, 3.63) is 60.4 Å². The molecular formula is C25H25N3O4. The summed E-state index contributed by atoms with van der Waals surface area (Å²) in [7, 11) is 1.48. The molecule has 4 rings (SSSR count). The van der Waals surface area contributed by atoms with Crippen molar-refractivity contribution in [2.75, 3.05) is 7.11 Å². The van der Waals surface area contributed by atoms with Gasteiger partial charge in [0.1, 0.15) is 17.2 Å². The Hall–Kier alpha value is -3.87. The van der Waals surface area contributed by atoms with Gasteiger partial charge in [-0.15, -0.1) is 0 Å². The summed E-state index contributed by atoms with van der Waals surface area (Å²) < 4.78 is 13.1. The topological polar surface area (TPSA) is 96.4 Å². The highest BCUT2D eigenvalue weighted by Crippen LogP contribution is 2.34. The zero-order valence-corrected chi connectivity index (χ0v) is 18.1. The van der Waals surface area contributed by atoms with E-state index in [4.69, 9.17) is 15.2 Å². The van der Waals surface area contributed by atoms with Crippen LogP contribution in [-0.4, -0.2) is 28.5 Å². The quantitative estimate of drug-likeness (QED) is 0.381. The minimum atomic E-state index is -0.593. The Morgan fingerprint density at radius 3 is 2.66 bits per heavy atom. The lowest BCUT2D eigenvalue weighted by atomic mass is 10.1. The largest absolute Gasteiger partial charge is 0.496 e. The van der Waals surface area contributed by atoms with Gasteiger partial charge in [-0.3, -0.25) is 19.1 Å². The molecule has 0 saturated heterocycles. The van der Waals surface area contributed by atoms with Crippen molar-refractivity contribution in [3.8, 4) is 17.2 Å². The molecule has 0 aliphatic heterocycles. The third-order valence-corrected chi connectivity index (χ3v) is 5.44. The van der Waals surface area contributed by atoms with Gasteiger partial charge in [0, 0.05) is 35.7 Å². The first-order chi connectivity index (χ1) is 15.5. The molecule has 32 heavy (non-hydrogen) atoms. The van der Waals surface area contributed by atoms with Crippen LogP contribution >= 0.6 is 0 Å². The lowest BCUT2D eigenvalue weighted by molar-refractivity contribution is 0.0904. The first-order valence-electron chi connectivity index (χ1n) is 10.6. The van der Waals surface area contributed by atoms with Gasteiger partial charge in [-0.25, -0.2) is 0 Å². The van der Waals surface area contributed by atoms with E-state index in [9.17, 15) is 9.59 Å². The number of benzene rings is 2.